The monoisotopic (exact) mass is 427 g/mol. The van der Waals surface area contributed by atoms with Crippen molar-refractivity contribution in [2.75, 3.05) is 0 Å². The average molecular weight is 427 g/mol. The van der Waals surface area contributed by atoms with E-state index in [1.807, 2.05) is 0 Å². The van der Waals surface area contributed by atoms with E-state index < -0.39 is 47.1 Å². The van der Waals surface area contributed by atoms with Crippen LogP contribution in [0.15, 0.2) is 0 Å². The third kappa shape index (κ3) is 4.74. The van der Waals surface area contributed by atoms with Gasteiger partial charge in [-0.1, -0.05) is 20.8 Å². The van der Waals surface area contributed by atoms with E-state index in [0.29, 0.717) is 0 Å². The average Bonchev–Trinajstić information content (AvgIpc) is 2.32. The van der Waals surface area contributed by atoms with E-state index in [1.54, 1.807) is 0 Å². The molecule has 1 amide bonds. The highest BCUT2D eigenvalue weighted by atomic mass is 19.4. The first-order chi connectivity index (χ1) is 11.3. The van der Waals surface area contributed by atoms with Gasteiger partial charge in [0.15, 0.2) is 0 Å². The van der Waals surface area contributed by atoms with Gasteiger partial charge in [0.05, 0.1) is 0 Å². The highest BCUT2D eigenvalue weighted by molar-refractivity contribution is 5.85. The second-order valence-electron chi connectivity index (χ2n) is 7.11. The molecule has 1 atom stereocenters. The van der Waals surface area contributed by atoms with Crippen molar-refractivity contribution < 1.29 is 57.8 Å². The van der Waals surface area contributed by atoms with Gasteiger partial charge in [0.25, 0.3) is 5.91 Å². The molecule has 0 rings (SSSR count). The third-order valence-corrected chi connectivity index (χ3v) is 3.95. The quantitative estimate of drug-likeness (QED) is 0.630. The Bertz CT molecular complexity index is 560. The molecule has 0 aliphatic rings. The molecule has 0 aliphatic carbocycles. The summed E-state index contributed by atoms with van der Waals surface area (Å²) in [5, 5.41) is 1.34. The number of hydrogen-bond acceptors (Lipinski definition) is 2. The van der Waals surface area contributed by atoms with E-state index >= 15 is 0 Å². The number of carbonyl (C=O) groups is 1. The molecule has 0 aromatic rings. The number of halogens is 11. The Kier molecular flexibility index (Phi) is 6.29. The van der Waals surface area contributed by atoms with Crippen molar-refractivity contribution in [1.82, 2.24) is 5.32 Å². The summed E-state index contributed by atoms with van der Waals surface area (Å²) in [6.07, 6.45) is -20.9. The lowest BCUT2D eigenvalue weighted by molar-refractivity contribution is -0.473. The van der Waals surface area contributed by atoms with Gasteiger partial charge in [-0.05, 0) is 19.3 Å². The zero-order valence-electron chi connectivity index (χ0n) is 14.5. The van der Waals surface area contributed by atoms with Crippen LogP contribution in [0, 0.1) is 5.41 Å². The maximum atomic E-state index is 14.1. The van der Waals surface area contributed by atoms with Crippen LogP contribution in [-0.2, 0) is 9.53 Å². The Morgan fingerprint density at radius 3 is 1.33 bits per heavy atom. The normalized spacial score (nSPS) is 17.5. The molecule has 0 aromatic heterocycles. The fourth-order valence-electron chi connectivity index (χ4n) is 1.19. The zero-order valence-corrected chi connectivity index (χ0v) is 14.5. The Morgan fingerprint density at radius 1 is 0.704 bits per heavy atom. The molecule has 0 fully saturated rings. The molecule has 1 N–H and O–H groups in total. The van der Waals surface area contributed by atoms with Gasteiger partial charge >= 0.3 is 30.2 Å². The van der Waals surface area contributed by atoms with Crippen molar-refractivity contribution in [3.63, 3.8) is 0 Å². The van der Waals surface area contributed by atoms with Crippen LogP contribution in [-0.4, -0.2) is 41.7 Å². The lowest BCUT2D eigenvalue weighted by Crippen LogP contribution is -2.66. The number of nitrogens with one attached hydrogen (secondary N) is 1. The van der Waals surface area contributed by atoms with Crippen molar-refractivity contribution in [1.29, 1.82) is 0 Å². The molecule has 0 saturated carbocycles. The van der Waals surface area contributed by atoms with Gasteiger partial charge < -0.3 is 5.32 Å². The van der Waals surface area contributed by atoms with Crippen LogP contribution in [0.25, 0.3) is 0 Å². The summed E-state index contributed by atoms with van der Waals surface area (Å²) in [6, 6.07) is 0. The molecular weight excluding hydrogens is 411 g/mol. The van der Waals surface area contributed by atoms with Gasteiger partial charge in [-0.15, -0.1) is 0 Å². The second kappa shape index (κ2) is 6.62. The molecule has 1 unspecified atom stereocenters. The first-order valence-electron chi connectivity index (χ1n) is 6.94. The largest absolute Gasteiger partial charge is 0.462 e. The van der Waals surface area contributed by atoms with E-state index in [1.165, 1.54) is 26.1 Å². The molecule has 3 nitrogen and oxygen atoms in total. The summed E-state index contributed by atoms with van der Waals surface area (Å²) in [5.74, 6) is -16.4. The topological polar surface area (TPSA) is 38.3 Å². The molecular formula is C13H16F11NO2. The Morgan fingerprint density at radius 2 is 1.07 bits per heavy atom. The molecule has 162 valence electrons. The minimum absolute atomic E-state index is 1.03. The van der Waals surface area contributed by atoms with Crippen LogP contribution in [0.2, 0.25) is 0 Å². The van der Waals surface area contributed by atoms with E-state index in [4.69, 9.17) is 0 Å². The summed E-state index contributed by atoms with van der Waals surface area (Å²) in [7, 11) is 0. The van der Waals surface area contributed by atoms with Gasteiger partial charge in [0.2, 0.25) is 0 Å². The minimum Gasteiger partial charge on any atom is -0.345 e. The van der Waals surface area contributed by atoms with Gasteiger partial charge in [-0.2, -0.15) is 48.3 Å². The fourth-order valence-corrected chi connectivity index (χ4v) is 1.19. The number of alkyl halides is 11. The molecule has 0 saturated heterocycles. The van der Waals surface area contributed by atoms with E-state index in [2.05, 4.69) is 4.74 Å². The molecule has 0 bridgehead atoms. The van der Waals surface area contributed by atoms with Crippen LogP contribution in [0.4, 0.5) is 48.3 Å². The molecule has 27 heavy (non-hydrogen) atoms. The lowest BCUT2D eigenvalue weighted by Gasteiger charge is -2.42. The van der Waals surface area contributed by atoms with Crippen molar-refractivity contribution in [2.24, 2.45) is 5.41 Å². The van der Waals surface area contributed by atoms with Crippen molar-refractivity contribution in [3.05, 3.63) is 0 Å². The number of rotatable bonds is 5. The first kappa shape index (κ1) is 25.7. The van der Waals surface area contributed by atoms with Gasteiger partial charge in [-0.25, -0.2) is 0 Å². The van der Waals surface area contributed by atoms with Crippen molar-refractivity contribution in [3.8, 4) is 0 Å². The lowest BCUT2D eigenvalue weighted by atomic mass is 9.76. The second-order valence-corrected chi connectivity index (χ2v) is 7.11. The van der Waals surface area contributed by atoms with Crippen LogP contribution in [0.5, 0.6) is 0 Å². The SMILES string of the molecule is CC(C)(C)C(C)(C)NC(=O)C(F)(OC(F)(F)C(F)(F)C(F)(F)F)C(F)(F)F. The van der Waals surface area contributed by atoms with E-state index in [-0.39, 0.29) is 0 Å². The molecule has 0 heterocycles. The molecule has 0 aliphatic heterocycles. The number of ether oxygens (including phenoxy) is 1. The standard InChI is InChI=1S/C13H16F11NO2/c1-7(2,3)8(4,5)25-6(26)9(14,11(17,18)19)27-13(23,24)10(15,16)12(20,21)22/h1-5H3,(H,25,26). The van der Waals surface area contributed by atoms with Gasteiger partial charge in [-0.3, -0.25) is 9.53 Å². The summed E-state index contributed by atoms with van der Waals surface area (Å²) in [6.45, 7) is 6.05. The van der Waals surface area contributed by atoms with E-state index in [0.717, 1.165) is 13.8 Å². The maximum Gasteiger partial charge on any atom is 0.462 e. The summed E-state index contributed by atoms with van der Waals surface area (Å²) >= 11 is 0. The molecule has 0 radical (unpaired) electrons. The van der Waals surface area contributed by atoms with Crippen LogP contribution in [0.3, 0.4) is 0 Å². The van der Waals surface area contributed by atoms with E-state index in [9.17, 15) is 53.1 Å². The zero-order chi connectivity index (χ0) is 22.5. The molecule has 0 aromatic carbocycles. The Balaban J connectivity index is 6.13. The van der Waals surface area contributed by atoms with Crippen LogP contribution in [0.1, 0.15) is 34.6 Å². The predicted octanol–water partition coefficient (Wildman–Crippen LogP) is 4.96. The summed E-state index contributed by atoms with van der Waals surface area (Å²) < 4.78 is 143. The van der Waals surface area contributed by atoms with Crippen molar-refractivity contribution >= 4 is 5.91 Å². The van der Waals surface area contributed by atoms with Crippen molar-refractivity contribution in [2.45, 2.75) is 70.4 Å². The fraction of sp³-hybridized carbons (Fsp3) is 0.923. The number of carbonyl (C=O) groups excluding carboxylic acids is 1. The highest BCUT2D eigenvalue weighted by Gasteiger charge is 2.79. The highest BCUT2D eigenvalue weighted by Crippen LogP contribution is 2.51. The smallest absolute Gasteiger partial charge is 0.345 e. The minimum atomic E-state index is -7.22. The predicted molar refractivity (Wildman–Crippen MR) is 68.6 cm³/mol. The maximum absolute atomic E-state index is 14.1. The van der Waals surface area contributed by atoms with Gasteiger partial charge in [0.1, 0.15) is 0 Å². The third-order valence-electron chi connectivity index (χ3n) is 3.95. The Hall–Kier alpha value is -1.34. The summed E-state index contributed by atoms with van der Waals surface area (Å²) in [5.41, 5.74) is -2.87. The Labute approximate surface area is 146 Å². The first-order valence-corrected chi connectivity index (χ1v) is 6.94. The molecule has 14 heteroatoms. The van der Waals surface area contributed by atoms with Crippen LogP contribution >= 0.6 is 0 Å². The van der Waals surface area contributed by atoms with Crippen LogP contribution < -0.4 is 5.32 Å². The summed E-state index contributed by atoms with van der Waals surface area (Å²) in [4.78, 5) is 11.6. The molecule has 0 spiro atoms. The number of amides is 1. The number of hydrogen-bond donors (Lipinski definition) is 1. The van der Waals surface area contributed by atoms with Gasteiger partial charge in [0, 0.05) is 5.54 Å².